The molecule has 0 aliphatic heterocycles. The van der Waals surface area contributed by atoms with Crippen LogP contribution in [0.1, 0.15) is 104 Å². The first-order chi connectivity index (χ1) is 28.1. The third kappa shape index (κ3) is 27.1. The number of alkyl halides is 17. The molecule has 5 aromatic rings. The predicted octanol–water partition coefficient (Wildman–Crippen LogP) is 21.6. The molecule has 0 amide bonds. The molecule has 0 heterocycles. The van der Waals surface area contributed by atoms with E-state index in [9.17, 15) is 65.9 Å². The van der Waals surface area contributed by atoms with Gasteiger partial charge in [0.25, 0.3) is 0 Å². The summed E-state index contributed by atoms with van der Waals surface area (Å²) in [5, 5.41) is 1.39. The third-order valence-electron chi connectivity index (χ3n) is 7.43. The van der Waals surface area contributed by atoms with E-state index in [1.807, 2.05) is 32.0 Å². The second kappa shape index (κ2) is 30.5. The average Bonchev–Trinajstić information content (AvgIpc) is 3.10. The van der Waals surface area contributed by atoms with Crippen molar-refractivity contribution in [3.8, 4) is 0 Å². The van der Waals surface area contributed by atoms with Crippen LogP contribution in [0, 0.1) is 38.2 Å². The van der Waals surface area contributed by atoms with E-state index in [1.54, 1.807) is 6.07 Å². The highest BCUT2D eigenvalue weighted by Gasteiger charge is 2.50. The SMILES string of the molecule is C.C.C.C.C.Cc1cc(C(F)(F)F)c(C(F)(F)F)c(C(F)(F)F)c1.Cc1cc(C(F)(F)F)cc(C(F)(F)F)c1.Cc1cc(CCl)cc(CCl)c1.Cc1cc(Cl)cc(Cl)c1.Cc1ccc(I)cc1. The fraction of sp³-hybridized carbons (Fsp3) is 0.362. The van der Waals surface area contributed by atoms with E-state index in [2.05, 4.69) is 65.9 Å². The van der Waals surface area contributed by atoms with Gasteiger partial charge in [0.05, 0.1) is 27.8 Å². The van der Waals surface area contributed by atoms with Crippen LogP contribution in [0.3, 0.4) is 0 Å². The number of hydrogen-bond acceptors (Lipinski definition) is 0. The third-order valence-corrected chi connectivity index (χ3v) is 9.21. The first-order valence-electron chi connectivity index (χ1n) is 17.1. The Kier molecular flexibility index (Phi) is 33.2. The van der Waals surface area contributed by atoms with Gasteiger partial charge in [-0.05, 0) is 146 Å². The monoisotopic (exact) mass is 1170 g/mol. The summed E-state index contributed by atoms with van der Waals surface area (Å²) in [4.78, 5) is 0. The predicted molar refractivity (Wildman–Crippen MR) is 256 cm³/mol. The minimum absolute atomic E-state index is 0. The number of rotatable bonds is 2. The second-order valence-corrected chi connectivity index (χ2v) is 15.8. The molecule has 20 heteroatoms. The molecular weight excluding hydrogens is 1120 g/mol. The lowest BCUT2D eigenvalue weighted by atomic mass is 9.96. The summed E-state index contributed by atoms with van der Waals surface area (Å²) in [6.45, 7) is 8.13. The summed E-state index contributed by atoms with van der Waals surface area (Å²) in [6, 6.07) is 21.6. The summed E-state index contributed by atoms with van der Waals surface area (Å²) < 4.78 is 187. The van der Waals surface area contributed by atoms with Gasteiger partial charge in [-0.25, -0.2) is 0 Å². The summed E-state index contributed by atoms with van der Waals surface area (Å²) in [7, 11) is 0. The highest BCUT2D eigenvalue weighted by Crippen LogP contribution is 2.47. The van der Waals surface area contributed by atoms with E-state index in [1.165, 1.54) is 21.6 Å². The lowest BCUT2D eigenvalue weighted by Gasteiger charge is -2.21. The Balaban J connectivity index is -0.000000242. The fourth-order valence-electron chi connectivity index (χ4n) is 4.98. The van der Waals surface area contributed by atoms with Crippen molar-refractivity contribution in [2.45, 2.75) is 114 Å². The molecule has 0 bridgehead atoms. The molecular formula is C47H54Cl4F15I. The lowest BCUT2D eigenvalue weighted by molar-refractivity contribution is -0.174. The molecule has 0 N–H and O–H groups in total. The molecule has 67 heavy (non-hydrogen) atoms. The summed E-state index contributed by atoms with van der Waals surface area (Å²) in [6.07, 6.45) is -26.3. The molecule has 0 aliphatic rings. The Morgan fingerprint density at radius 3 is 0.955 bits per heavy atom. The minimum Gasteiger partial charge on any atom is -0.166 e. The molecule has 0 radical (unpaired) electrons. The fourth-order valence-corrected chi connectivity index (χ4v) is 6.28. The zero-order valence-corrected chi connectivity index (χ0v) is 37.8. The number of aryl methyl sites for hydroxylation is 5. The molecule has 0 atom stereocenters. The highest BCUT2D eigenvalue weighted by atomic mass is 127. The molecule has 0 saturated carbocycles. The standard InChI is InChI=1S/C10H5F9.C9H10Cl2.C9H6F6.C7H6Cl2.C7H7I.5CH4/c1-4-2-5(8(11,12)13)7(10(17,18)19)6(3-4)9(14,15)16;1-7-2-8(5-10)4-9(3-7)6-11;1-5-2-6(8(10,11)12)4-7(3-5)9(13,14)15;1-5-2-6(8)4-7(9)3-5;1-6-2-4-7(8)5-3-6;;;;;/h2-3H,1H3;2-4H,5-6H2,1H3;2-4H,1H3;2-4H,1H3;2-5H,1H3;5*1H4. The van der Waals surface area contributed by atoms with E-state index >= 15 is 0 Å². The molecule has 0 nitrogen and oxygen atoms in total. The normalized spacial score (nSPS) is 10.9. The number of hydrogen-bond donors (Lipinski definition) is 0. The van der Waals surface area contributed by atoms with Gasteiger partial charge in [-0.3, -0.25) is 0 Å². The Hall–Kier alpha value is -3.06. The molecule has 5 rings (SSSR count). The number of benzene rings is 5. The van der Waals surface area contributed by atoms with Crippen LogP contribution in [-0.2, 0) is 42.6 Å². The Labute approximate surface area is 418 Å². The van der Waals surface area contributed by atoms with Crippen LogP contribution in [0.5, 0.6) is 0 Å². The Morgan fingerprint density at radius 2 is 0.687 bits per heavy atom. The van der Waals surface area contributed by atoms with Crippen LogP contribution in [-0.4, -0.2) is 0 Å². The minimum atomic E-state index is -5.76. The quantitative estimate of drug-likeness (QED) is 0.0939. The Bertz CT molecular complexity index is 2030. The van der Waals surface area contributed by atoms with Gasteiger partial charge < -0.3 is 0 Å². The largest absolute Gasteiger partial charge is 0.417 e. The second-order valence-electron chi connectivity index (χ2n) is 13.1. The van der Waals surface area contributed by atoms with Crippen molar-refractivity contribution in [1.29, 1.82) is 0 Å². The molecule has 0 unspecified atom stereocenters. The molecule has 0 fully saturated rings. The van der Waals surface area contributed by atoms with Gasteiger partial charge in [0, 0.05) is 25.4 Å². The first-order valence-corrected chi connectivity index (χ1v) is 20.0. The van der Waals surface area contributed by atoms with Crippen molar-refractivity contribution in [1.82, 2.24) is 0 Å². The van der Waals surface area contributed by atoms with Crippen LogP contribution >= 0.6 is 69.0 Å². The van der Waals surface area contributed by atoms with E-state index in [4.69, 9.17) is 46.4 Å². The van der Waals surface area contributed by atoms with Crippen LogP contribution in [0.4, 0.5) is 65.9 Å². The molecule has 0 saturated heterocycles. The van der Waals surface area contributed by atoms with Crippen molar-refractivity contribution in [3.05, 3.63) is 171 Å². The van der Waals surface area contributed by atoms with Gasteiger partial charge >= 0.3 is 30.9 Å². The lowest BCUT2D eigenvalue weighted by Crippen LogP contribution is -2.23. The number of halogens is 20. The van der Waals surface area contributed by atoms with Crippen LogP contribution in [0.2, 0.25) is 10.0 Å². The zero-order chi connectivity index (χ0) is 48.2. The van der Waals surface area contributed by atoms with Gasteiger partial charge in [-0.1, -0.05) is 102 Å². The molecule has 0 aliphatic carbocycles. The van der Waals surface area contributed by atoms with Crippen LogP contribution < -0.4 is 0 Å². The van der Waals surface area contributed by atoms with Crippen molar-refractivity contribution < 1.29 is 65.9 Å². The van der Waals surface area contributed by atoms with Gasteiger partial charge in [0.15, 0.2) is 0 Å². The van der Waals surface area contributed by atoms with E-state index in [0.29, 0.717) is 33.9 Å². The van der Waals surface area contributed by atoms with Gasteiger partial charge in [0.1, 0.15) is 0 Å². The zero-order valence-electron chi connectivity index (χ0n) is 32.6. The van der Waals surface area contributed by atoms with Gasteiger partial charge in [-0.2, -0.15) is 65.9 Å². The van der Waals surface area contributed by atoms with Crippen LogP contribution in [0.15, 0.2) is 91.0 Å². The smallest absolute Gasteiger partial charge is 0.166 e. The maximum Gasteiger partial charge on any atom is 0.417 e. The summed E-state index contributed by atoms with van der Waals surface area (Å²) >= 11 is 25.0. The topological polar surface area (TPSA) is 0 Å². The molecule has 5 aromatic carbocycles. The molecule has 0 spiro atoms. The molecule has 382 valence electrons. The van der Waals surface area contributed by atoms with Crippen molar-refractivity contribution in [2.24, 2.45) is 0 Å². The highest BCUT2D eigenvalue weighted by molar-refractivity contribution is 14.1. The van der Waals surface area contributed by atoms with E-state index in [0.717, 1.165) is 23.6 Å². The van der Waals surface area contributed by atoms with Crippen molar-refractivity contribution in [2.75, 3.05) is 0 Å². The summed E-state index contributed by atoms with van der Waals surface area (Å²) in [5.74, 6) is 1.12. The van der Waals surface area contributed by atoms with E-state index in [-0.39, 0.29) is 60.9 Å². The van der Waals surface area contributed by atoms with Crippen LogP contribution in [0.25, 0.3) is 0 Å². The summed E-state index contributed by atoms with van der Waals surface area (Å²) in [5.41, 5.74) is -4.67. The van der Waals surface area contributed by atoms with Gasteiger partial charge in [-0.15, -0.1) is 23.2 Å². The Morgan fingerprint density at radius 1 is 0.373 bits per heavy atom. The van der Waals surface area contributed by atoms with Crippen molar-refractivity contribution in [3.63, 3.8) is 0 Å². The maximum atomic E-state index is 12.5. The first kappa shape index (κ1) is 72.9. The van der Waals surface area contributed by atoms with Gasteiger partial charge in [0.2, 0.25) is 0 Å². The average molecular weight is 1170 g/mol. The maximum absolute atomic E-state index is 12.5. The molecule has 0 aromatic heterocycles. The van der Waals surface area contributed by atoms with Crippen molar-refractivity contribution >= 4 is 69.0 Å². The van der Waals surface area contributed by atoms with E-state index < -0.39 is 64.3 Å².